The summed E-state index contributed by atoms with van der Waals surface area (Å²) in [5, 5.41) is 8.69. The number of amides is 2. The lowest BCUT2D eigenvalue weighted by molar-refractivity contribution is -0.122. The van der Waals surface area contributed by atoms with Gasteiger partial charge < -0.3 is 16.2 Å². The van der Waals surface area contributed by atoms with Gasteiger partial charge in [-0.15, -0.1) is 0 Å². The predicted octanol–water partition coefficient (Wildman–Crippen LogP) is 0.744. The number of hydrogen-bond acceptors (Lipinski definition) is 4. The Balaban J connectivity index is 3.12. The maximum Gasteiger partial charge on any atom is 0.405 e. The van der Waals surface area contributed by atoms with E-state index in [0.29, 0.717) is 11.1 Å². The normalized spacial score (nSPS) is 13.1. The Morgan fingerprint density at radius 3 is 2.28 bits per heavy atom. The molecular formula is C12H13N3O3. The summed E-state index contributed by atoms with van der Waals surface area (Å²) in [6, 6.07) is 8.25. The molecular weight excluding hydrogens is 234 g/mol. The topological polar surface area (TPSA) is 119 Å². The quantitative estimate of drug-likeness (QED) is 0.815. The minimum absolute atomic E-state index is 0.193. The second kappa shape index (κ2) is 5.19. The highest BCUT2D eigenvalue weighted by molar-refractivity contribution is 5.76. The maximum absolute atomic E-state index is 11.0. The molecule has 0 unspecified atom stereocenters. The summed E-state index contributed by atoms with van der Waals surface area (Å²) >= 11 is 0. The van der Waals surface area contributed by atoms with Crippen LogP contribution < -0.4 is 11.5 Å². The van der Waals surface area contributed by atoms with Gasteiger partial charge in [0.1, 0.15) is 5.60 Å². The summed E-state index contributed by atoms with van der Waals surface area (Å²) in [6.07, 6.45) is -1.19. The van der Waals surface area contributed by atoms with E-state index in [0.717, 1.165) is 0 Å². The molecule has 1 aromatic carbocycles. The first-order valence-corrected chi connectivity index (χ1v) is 5.15. The highest BCUT2D eigenvalue weighted by Gasteiger charge is 2.32. The molecule has 0 bridgehead atoms. The smallest absolute Gasteiger partial charge is 0.405 e. The third-order valence-electron chi connectivity index (χ3n) is 2.46. The van der Waals surface area contributed by atoms with Crippen LogP contribution in [0.25, 0.3) is 0 Å². The van der Waals surface area contributed by atoms with Gasteiger partial charge in [0, 0.05) is 0 Å². The zero-order valence-electron chi connectivity index (χ0n) is 9.84. The number of nitrogens with two attached hydrogens (primary N) is 2. The molecule has 0 saturated carbocycles. The van der Waals surface area contributed by atoms with Crippen LogP contribution in [0.5, 0.6) is 0 Å². The Morgan fingerprint density at radius 1 is 1.33 bits per heavy atom. The molecule has 1 rings (SSSR count). The number of nitrogens with zero attached hydrogens (tertiary/aromatic N) is 1. The van der Waals surface area contributed by atoms with Gasteiger partial charge in [-0.05, 0) is 24.6 Å². The van der Waals surface area contributed by atoms with Crippen molar-refractivity contribution in [1.82, 2.24) is 0 Å². The van der Waals surface area contributed by atoms with E-state index in [1.807, 2.05) is 6.07 Å². The Labute approximate surface area is 104 Å². The molecule has 2 amide bonds. The molecule has 0 aliphatic rings. The average Bonchev–Trinajstić information content (AvgIpc) is 2.27. The number of benzene rings is 1. The molecule has 0 radical (unpaired) electrons. The first kappa shape index (κ1) is 13.5. The summed E-state index contributed by atoms with van der Waals surface area (Å²) in [6.45, 7) is 1.53. The van der Waals surface area contributed by atoms with Gasteiger partial charge in [-0.3, -0.25) is 4.79 Å². The van der Waals surface area contributed by atoms with Crippen LogP contribution in [0.4, 0.5) is 4.79 Å². The van der Waals surface area contributed by atoms with E-state index < -0.39 is 17.6 Å². The molecule has 0 saturated heterocycles. The van der Waals surface area contributed by atoms with E-state index >= 15 is 0 Å². The van der Waals surface area contributed by atoms with Crippen LogP contribution in [0.3, 0.4) is 0 Å². The Hall–Kier alpha value is -2.55. The molecule has 1 aromatic rings. The van der Waals surface area contributed by atoms with Crippen molar-refractivity contribution >= 4 is 12.0 Å². The van der Waals surface area contributed by atoms with E-state index in [1.54, 1.807) is 24.3 Å². The van der Waals surface area contributed by atoms with E-state index in [-0.39, 0.29) is 6.42 Å². The third-order valence-corrected chi connectivity index (χ3v) is 2.46. The lowest BCUT2D eigenvalue weighted by atomic mass is 9.91. The molecule has 0 fully saturated rings. The number of carbonyl (C=O) groups is 2. The summed E-state index contributed by atoms with van der Waals surface area (Å²) in [7, 11) is 0. The van der Waals surface area contributed by atoms with Crippen molar-refractivity contribution in [3.05, 3.63) is 35.4 Å². The van der Waals surface area contributed by atoms with Gasteiger partial charge in [-0.2, -0.15) is 5.26 Å². The van der Waals surface area contributed by atoms with Gasteiger partial charge >= 0.3 is 6.09 Å². The molecule has 18 heavy (non-hydrogen) atoms. The number of nitriles is 1. The summed E-state index contributed by atoms with van der Waals surface area (Å²) in [5.74, 6) is -0.622. The van der Waals surface area contributed by atoms with Crippen molar-refractivity contribution < 1.29 is 14.3 Å². The molecule has 0 heterocycles. The minimum Gasteiger partial charge on any atom is -0.438 e. The number of ether oxygens (including phenoxy) is 1. The van der Waals surface area contributed by atoms with Crippen LogP contribution in [0, 0.1) is 11.3 Å². The van der Waals surface area contributed by atoms with Crippen LogP contribution in [0.1, 0.15) is 24.5 Å². The van der Waals surface area contributed by atoms with Crippen LogP contribution in [0.2, 0.25) is 0 Å². The van der Waals surface area contributed by atoms with Crippen LogP contribution >= 0.6 is 0 Å². The van der Waals surface area contributed by atoms with Crippen molar-refractivity contribution in [2.75, 3.05) is 0 Å². The summed E-state index contributed by atoms with van der Waals surface area (Å²) in [4.78, 5) is 21.9. The van der Waals surface area contributed by atoms with Crippen molar-refractivity contribution in [2.24, 2.45) is 11.5 Å². The van der Waals surface area contributed by atoms with Gasteiger partial charge in [0.25, 0.3) is 0 Å². The molecule has 4 N–H and O–H groups in total. The minimum atomic E-state index is -1.23. The van der Waals surface area contributed by atoms with Crippen LogP contribution in [0.15, 0.2) is 24.3 Å². The van der Waals surface area contributed by atoms with Gasteiger partial charge in [0.15, 0.2) is 0 Å². The predicted molar refractivity (Wildman–Crippen MR) is 63.0 cm³/mol. The largest absolute Gasteiger partial charge is 0.438 e. The number of rotatable bonds is 4. The van der Waals surface area contributed by atoms with Gasteiger partial charge in [-0.1, -0.05) is 12.1 Å². The summed E-state index contributed by atoms with van der Waals surface area (Å²) in [5.41, 5.74) is 9.87. The van der Waals surface area contributed by atoms with Gasteiger partial charge in [0.2, 0.25) is 5.91 Å². The molecule has 0 aliphatic carbocycles. The fraction of sp³-hybridized carbons (Fsp3) is 0.250. The summed E-state index contributed by atoms with van der Waals surface area (Å²) < 4.78 is 4.96. The number of hydrogen-bond donors (Lipinski definition) is 2. The Morgan fingerprint density at radius 2 is 1.89 bits per heavy atom. The fourth-order valence-corrected chi connectivity index (χ4v) is 1.65. The lowest BCUT2D eigenvalue weighted by Gasteiger charge is -2.28. The molecule has 6 nitrogen and oxygen atoms in total. The molecule has 94 valence electrons. The van der Waals surface area contributed by atoms with Gasteiger partial charge in [0.05, 0.1) is 18.1 Å². The van der Waals surface area contributed by atoms with Crippen molar-refractivity contribution in [3.63, 3.8) is 0 Å². The monoisotopic (exact) mass is 247 g/mol. The zero-order valence-corrected chi connectivity index (χ0v) is 9.84. The third kappa shape index (κ3) is 3.22. The second-order valence-corrected chi connectivity index (χ2v) is 3.98. The lowest BCUT2D eigenvalue weighted by Crippen LogP contribution is -2.36. The van der Waals surface area contributed by atoms with E-state index in [4.69, 9.17) is 21.5 Å². The van der Waals surface area contributed by atoms with Crippen molar-refractivity contribution in [1.29, 1.82) is 5.26 Å². The van der Waals surface area contributed by atoms with E-state index in [1.165, 1.54) is 6.92 Å². The first-order chi connectivity index (χ1) is 8.37. The molecule has 6 heteroatoms. The van der Waals surface area contributed by atoms with E-state index in [9.17, 15) is 9.59 Å². The zero-order chi connectivity index (χ0) is 13.8. The molecule has 0 aromatic heterocycles. The van der Waals surface area contributed by atoms with Crippen molar-refractivity contribution in [2.45, 2.75) is 18.9 Å². The standard InChI is InChI=1S/C12H13N3O3/c1-12(6-10(14)16,18-11(15)17)9-4-2-8(7-13)3-5-9/h2-5H,6H2,1H3,(H2,14,16)(H2,15,17)/t12-/m1/s1. The average molecular weight is 247 g/mol. The number of primary amides is 2. The van der Waals surface area contributed by atoms with Crippen molar-refractivity contribution in [3.8, 4) is 6.07 Å². The SMILES string of the molecule is C[C@](CC(N)=O)(OC(N)=O)c1ccc(C#N)cc1. The highest BCUT2D eigenvalue weighted by Crippen LogP contribution is 2.29. The van der Waals surface area contributed by atoms with Crippen LogP contribution in [-0.4, -0.2) is 12.0 Å². The number of carbonyl (C=O) groups excluding carboxylic acids is 2. The second-order valence-electron chi connectivity index (χ2n) is 3.98. The molecule has 0 aliphatic heterocycles. The fourth-order valence-electron chi connectivity index (χ4n) is 1.65. The molecule has 0 spiro atoms. The Kier molecular flexibility index (Phi) is 3.89. The maximum atomic E-state index is 11.0. The van der Waals surface area contributed by atoms with E-state index in [2.05, 4.69) is 0 Å². The first-order valence-electron chi connectivity index (χ1n) is 5.15. The van der Waals surface area contributed by atoms with Gasteiger partial charge in [-0.25, -0.2) is 4.79 Å². The van der Waals surface area contributed by atoms with Crippen LogP contribution in [-0.2, 0) is 15.1 Å². The highest BCUT2D eigenvalue weighted by atomic mass is 16.6. The molecule has 1 atom stereocenters. The Bertz CT molecular complexity index is 486.